The number of nitrogens with zero attached hydrogens (tertiary/aromatic N) is 1. The van der Waals surface area contributed by atoms with Gasteiger partial charge < -0.3 is 10.6 Å². The Kier molecular flexibility index (Phi) is 3.67. The lowest BCUT2D eigenvalue weighted by molar-refractivity contribution is 0.290. The van der Waals surface area contributed by atoms with Gasteiger partial charge in [0.25, 0.3) is 0 Å². The zero-order valence-electron chi connectivity index (χ0n) is 11.1. The van der Waals surface area contributed by atoms with Crippen molar-refractivity contribution in [3.63, 3.8) is 0 Å². The highest BCUT2D eigenvalue weighted by Crippen LogP contribution is 2.33. The Morgan fingerprint density at radius 1 is 1.22 bits per heavy atom. The van der Waals surface area contributed by atoms with Crippen molar-refractivity contribution in [1.82, 2.24) is 4.90 Å². The van der Waals surface area contributed by atoms with Crippen molar-refractivity contribution in [2.45, 2.75) is 31.6 Å². The van der Waals surface area contributed by atoms with Crippen LogP contribution in [-0.2, 0) is 6.42 Å². The molecule has 18 heavy (non-hydrogen) atoms. The second-order valence-electron chi connectivity index (χ2n) is 5.94. The van der Waals surface area contributed by atoms with Gasteiger partial charge >= 0.3 is 0 Å². The van der Waals surface area contributed by atoms with E-state index >= 15 is 0 Å². The molecule has 1 aliphatic heterocycles. The fourth-order valence-corrected chi connectivity index (χ4v) is 3.63. The molecule has 0 radical (unpaired) electrons. The molecule has 2 aliphatic rings. The number of fused-ring (bicyclic) bond motifs is 1. The maximum Gasteiger partial charge on any atom is 0.00505 e. The zero-order chi connectivity index (χ0) is 12.4. The van der Waals surface area contributed by atoms with E-state index in [1.807, 2.05) is 0 Å². The summed E-state index contributed by atoms with van der Waals surface area (Å²) >= 11 is 0. The van der Waals surface area contributed by atoms with E-state index in [9.17, 15) is 0 Å². The largest absolute Gasteiger partial charge is 0.330 e. The van der Waals surface area contributed by atoms with Crippen molar-refractivity contribution in [2.24, 2.45) is 11.7 Å². The van der Waals surface area contributed by atoms with Gasteiger partial charge in [-0.3, -0.25) is 0 Å². The van der Waals surface area contributed by atoms with Crippen LogP contribution in [0.5, 0.6) is 0 Å². The highest BCUT2D eigenvalue weighted by atomic mass is 15.1. The van der Waals surface area contributed by atoms with E-state index in [0.29, 0.717) is 0 Å². The summed E-state index contributed by atoms with van der Waals surface area (Å²) in [5.41, 5.74) is 8.98. The van der Waals surface area contributed by atoms with Crippen LogP contribution < -0.4 is 5.73 Å². The lowest BCUT2D eigenvalue weighted by Gasteiger charge is -2.29. The minimum atomic E-state index is 0.740. The zero-order valence-corrected chi connectivity index (χ0v) is 11.1. The smallest absolute Gasteiger partial charge is 0.00505 e. The molecule has 1 aliphatic carbocycles. The minimum absolute atomic E-state index is 0.740. The summed E-state index contributed by atoms with van der Waals surface area (Å²) < 4.78 is 0. The SMILES string of the molecule is NCC1CCN(CC2CCCc3ccccc32)C1. The molecule has 2 nitrogen and oxygen atoms in total. The Morgan fingerprint density at radius 3 is 2.94 bits per heavy atom. The molecule has 0 amide bonds. The summed E-state index contributed by atoms with van der Waals surface area (Å²) in [5.74, 6) is 1.50. The van der Waals surface area contributed by atoms with Gasteiger partial charge in [0.05, 0.1) is 0 Å². The first-order chi connectivity index (χ1) is 8.86. The summed E-state index contributed by atoms with van der Waals surface area (Å²) in [5, 5.41) is 0. The van der Waals surface area contributed by atoms with Crippen molar-refractivity contribution < 1.29 is 0 Å². The second kappa shape index (κ2) is 5.41. The van der Waals surface area contributed by atoms with Gasteiger partial charge in [-0.2, -0.15) is 0 Å². The molecule has 2 N–H and O–H groups in total. The third-order valence-corrected chi connectivity index (χ3v) is 4.68. The van der Waals surface area contributed by atoms with Crippen LogP contribution in [0.4, 0.5) is 0 Å². The van der Waals surface area contributed by atoms with Crippen LogP contribution in [0.2, 0.25) is 0 Å². The lowest BCUT2D eigenvalue weighted by atomic mass is 9.82. The predicted octanol–water partition coefficient (Wildman–Crippen LogP) is 2.39. The monoisotopic (exact) mass is 244 g/mol. The van der Waals surface area contributed by atoms with Gasteiger partial charge in [0.1, 0.15) is 0 Å². The van der Waals surface area contributed by atoms with Crippen LogP contribution in [0.1, 0.15) is 36.3 Å². The van der Waals surface area contributed by atoms with E-state index in [-0.39, 0.29) is 0 Å². The lowest BCUT2D eigenvalue weighted by Crippen LogP contribution is -2.29. The first kappa shape index (κ1) is 12.2. The number of likely N-dealkylation sites (tertiary alicyclic amines) is 1. The predicted molar refractivity (Wildman–Crippen MR) is 75.7 cm³/mol. The molecule has 2 atom stereocenters. The maximum atomic E-state index is 5.78. The van der Waals surface area contributed by atoms with E-state index < -0.39 is 0 Å². The molecule has 0 aromatic heterocycles. The molecular weight excluding hydrogens is 220 g/mol. The molecule has 1 heterocycles. The quantitative estimate of drug-likeness (QED) is 0.884. The molecule has 0 saturated carbocycles. The number of hydrogen-bond acceptors (Lipinski definition) is 2. The average Bonchev–Trinajstić information content (AvgIpc) is 2.87. The van der Waals surface area contributed by atoms with Crippen LogP contribution in [0.15, 0.2) is 24.3 Å². The van der Waals surface area contributed by atoms with Gasteiger partial charge in [-0.15, -0.1) is 0 Å². The highest BCUT2D eigenvalue weighted by Gasteiger charge is 2.26. The van der Waals surface area contributed by atoms with Crippen molar-refractivity contribution in [3.8, 4) is 0 Å². The number of nitrogens with two attached hydrogens (primary N) is 1. The van der Waals surface area contributed by atoms with Crippen LogP contribution >= 0.6 is 0 Å². The molecule has 0 spiro atoms. The molecule has 2 unspecified atom stereocenters. The van der Waals surface area contributed by atoms with E-state index in [1.165, 1.54) is 45.3 Å². The Bertz CT molecular complexity index is 402. The van der Waals surface area contributed by atoms with Crippen molar-refractivity contribution in [1.29, 1.82) is 0 Å². The second-order valence-corrected chi connectivity index (χ2v) is 5.94. The third kappa shape index (κ3) is 2.45. The van der Waals surface area contributed by atoms with Gasteiger partial charge in [-0.1, -0.05) is 24.3 Å². The van der Waals surface area contributed by atoms with E-state index in [4.69, 9.17) is 5.73 Å². The fourth-order valence-electron chi connectivity index (χ4n) is 3.63. The normalized spacial score (nSPS) is 28.3. The Morgan fingerprint density at radius 2 is 2.11 bits per heavy atom. The van der Waals surface area contributed by atoms with E-state index in [2.05, 4.69) is 29.2 Å². The summed E-state index contributed by atoms with van der Waals surface area (Å²) in [6.45, 7) is 4.57. The standard InChI is InChI=1S/C16H24N2/c17-10-13-8-9-18(11-13)12-15-6-3-5-14-4-1-2-7-16(14)15/h1-2,4,7,13,15H,3,5-6,8-12,17H2. The highest BCUT2D eigenvalue weighted by molar-refractivity contribution is 5.32. The van der Waals surface area contributed by atoms with Gasteiger partial charge in [0, 0.05) is 13.1 Å². The minimum Gasteiger partial charge on any atom is -0.330 e. The van der Waals surface area contributed by atoms with Crippen LogP contribution in [0.25, 0.3) is 0 Å². The molecule has 2 heteroatoms. The average molecular weight is 244 g/mol. The Hall–Kier alpha value is -0.860. The Balaban J connectivity index is 1.67. The summed E-state index contributed by atoms with van der Waals surface area (Å²) in [7, 11) is 0. The Labute approximate surface area is 110 Å². The number of benzene rings is 1. The topological polar surface area (TPSA) is 29.3 Å². The number of hydrogen-bond donors (Lipinski definition) is 1. The molecule has 1 aromatic carbocycles. The van der Waals surface area contributed by atoms with Crippen molar-refractivity contribution in [2.75, 3.05) is 26.2 Å². The summed E-state index contributed by atoms with van der Waals surface area (Å²) in [6, 6.07) is 9.04. The van der Waals surface area contributed by atoms with Gasteiger partial charge in [0.2, 0.25) is 0 Å². The summed E-state index contributed by atoms with van der Waals surface area (Å²) in [6.07, 6.45) is 5.29. The van der Waals surface area contributed by atoms with Crippen molar-refractivity contribution in [3.05, 3.63) is 35.4 Å². The number of rotatable bonds is 3. The van der Waals surface area contributed by atoms with E-state index in [1.54, 1.807) is 11.1 Å². The first-order valence-corrected chi connectivity index (χ1v) is 7.37. The van der Waals surface area contributed by atoms with Crippen molar-refractivity contribution >= 4 is 0 Å². The molecule has 98 valence electrons. The molecular formula is C16H24N2. The van der Waals surface area contributed by atoms with E-state index in [0.717, 1.165) is 18.4 Å². The summed E-state index contributed by atoms with van der Waals surface area (Å²) in [4.78, 5) is 2.63. The van der Waals surface area contributed by atoms with Gasteiger partial charge in [-0.05, 0) is 61.7 Å². The fraction of sp³-hybridized carbons (Fsp3) is 0.625. The van der Waals surface area contributed by atoms with Gasteiger partial charge in [-0.25, -0.2) is 0 Å². The van der Waals surface area contributed by atoms with Crippen LogP contribution in [0, 0.1) is 5.92 Å². The number of aryl methyl sites for hydroxylation is 1. The molecule has 3 rings (SSSR count). The third-order valence-electron chi connectivity index (χ3n) is 4.68. The molecule has 1 aromatic rings. The molecule has 1 fully saturated rings. The molecule has 1 saturated heterocycles. The first-order valence-electron chi connectivity index (χ1n) is 7.37. The maximum absolute atomic E-state index is 5.78. The van der Waals surface area contributed by atoms with Gasteiger partial charge in [0.15, 0.2) is 0 Å². The van der Waals surface area contributed by atoms with Crippen LogP contribution in [-0.4, -0.2) is 31.1 Å². The van der Waals surface area contributed by atoms with Crippen LogP contribution in [0.3, 0.4) is 0 Å². The molecule has 0 bridgehead atoms.